The Balaban J connectivity index is 2.31. The lowest BCUT2D eigenvalue weighted by molar-refractivity contribution is 0.268. The molecule has 0 saturated carbocycles. The fraction of sp³-hybridized carbons (Fsp3) is 0.625. The first kappa shape index (κ1) is 14.2. The van der Waals surface area contributed by atoms with E-state index in [0.717, 1.165) is 0 Å². The Morgan fingerprint density at radius 2 is 1.41 bits per heavy atom. The lowest BCUT2D eigenvalue weighted by Crippen LogP contribution is -2.28. The van der Waals surface area contributed by atoms with Crippen LogP contribution in [-0.2, 0) is 6.42 Å². The van der Waals surface area contributed by atoms with Crippen LogP contribution in [0.4, 0.5) is 0 Å². The molecule has 0 spiro atoms. The van der Waals surface area contributed by atoms with Crippen LogP contribution in [0.15, 0.2) is 30.3 Å². The van der Waals surface area contributed by atoms with Crippen LogP contribution in [0, 0.1) is 0 Å². The molecule has 17 heavy (non-hydrogen) atoms. The van der Waals surface area contributed by atoms with Crippen molar-refractivity contribution in [3.8, 4) is 0 Å². The van der Waals surface area contributed by atoms with Gasteiger partial charge >= 0.3 is 0 Å². The van der Waals surface area contributed by atoms with E-state index in [-0.39, 0.29) is 0 Å². The summed E-state index contributed by atoms with van der Waals surface area (Å²) in [6.07, 6.45) is 6.45. The van der Waals surface area contributed by atoms with Crippen LogP contribution >= 0.6 is 0 Å². The van der Waals surface area contributed by atoms with Gasteiger partial charge in [-0.2, -0.15) is 0 Å². The number of benzene rings is 1. The first-order valence-electron chi connectivity index (χ1n) is 7.13. The topological polar surface area (TPSA) is 3.24 Å². The third-order valence-electron chi connectivity index (χ3n) is 3.22. The average Bonchev–Trinajstić information content (AvgIpc) is 2.39. The largest absolute Gasteiger partial charge is 0.303 e. The van der Waals surface area contributed by atoms with Gasteiger partial charge in [0.1, 0.15) is 0 Å². The second-order valence-electron chi connectivity index (χ2n) is 4.78. The van der Waals surface area contributed by atoms with Gasteiger partial charge in [0.15, 0.2) is 0 Å². The molecule has 1 rings (SSSR count). The summed E-state index contributed by atoms with van der Waals surface area (Å²) in [6.45, 7) is 8.29. The van der Waals surface area contributed by atoms with Crippen LogP contribution in [0.5, 0.6) is 0 Å². The second kappa shape index (κ2) is 9.23. The van der Waals surface area contributed by atoms with E-state index in [9.17, 15) is 0 Å². The molecule has 0 fully saturated rings. The van der Waals surface area contributed by atoms with Gasteiger partial charge in [-0.3, -0.25) is 0 Å². The Kier molecular flexibility index (Phi) is 7.74. The van der Waals surface area contributed by atoms with Crippen molar-refractivity contribution in [1.29, 1.82) is 0 Å². The van der Waals surface area contributed by atoms with E-state index >= 15 is 0 Å². The van der Waals surface area contributed by atoms with Crippen LogP contribution in [0.3, 0.4) is 0 Å². The predicted octanol–water partition coefficient (Wildman–Crippen LogP) is 4.13. The van der Waals surface area contributed by atoms with Crippen LogP contribution in [0.2, 0.25) is 0 Å². The number of nitrogens with zero attached hydrogens (tertiary/aromatic N) is 1. The van der Waals surface area contributed by atoms with Gasteiger partial charge in [0, 0.05) is 6.54 Å². The molecule has 0 aliphatic heterocycles. The summed E-state index contributed by atoms with van der Waals surface area (Å²) < 4.78 is 0. The van der Waals surface area contributed by atoms with Crippen LogP contribution in [0.25, 0.3) is 0 Å². The Morgan fingerprint density at radius 1 is 0.824 bits per heavy atom. The third kappa shape index (κ3) is 6.48. The van der Waals surface area contributed by atoms with E-state index in [1.165, 1.54) is 57.3 Å². The maximum absolute atomic E-state index is 2.62. The van der Waals surface area contributed by atoms with E-state index in [1.54, 1.807) is 0 Å². The van der Waals surface area contributed by atoms with E-state index in [2.05, 4.69) is 49.1 Å². The van der Waals surface area contributed by atoms with Gasteiger partial charge in [-0.25, -0.2) is 0 Å². The van der Waals surface area contributed by atoms with Crippen molar-refractivity contribution in [1.82, 2.24) is 4.90 Å². The molecule has 0 aliphatic rings. The molecule has 0 N–H and O–H groups in total. The summed E-state index contributed by atoms with van der Waals surface area (Å²) in [7, 11) is 0. The van der Waals surface area contributed by atoms with Gasteiger partial charge in [0.25, 0.3) is 0 Å². The van der Waals surface area contributed by atoms with Crippen molar-refractivity contribution >= 4 is 0 Å². The lowest BCUT2D eigenvalue weighted by atomic mass is 10.1. The van der Waals surface area contributed by atoms with Crippen molar-refractivity contribution in [2.24, 2.45) is 0 Å². The SMILES string of the molecule is CCCCN(CCCC)CCc1ccccc1. The molecule has 0 amide bonds. The maximum atomic E-state index is 2.62. The molecule has 1 nitrogen and oxygen atoms in total. The van der Waals surface area contributed by atoms with Crippen molar-refractivity contribution in [3.05, 3.63) is 35.9 Å². The minimum absolute atomic E-state index is 1.19. The quantitative estimate of drug-likeness (QED) is 0.620. The number of hydrogen-bond acceptors (Lipinski definition) is 1. The molecule has 0 bridgehead atoms. The Labute approximate surface area is 107 Å². The summed E-state index contributed by atoms with van der Waals surface area (Å²) in [4.78, 5) is 2.62. The smallest absolute Gasteiger partial charge is 0.00218 e. The monoisotopic (exact) mass is 233 g/mol. The first-order chi connectivity index (χ1) is 8.36. The fourth-order valence-corrected chi connectivity index (χ4v) is 2.03. The van der Waals surface area contributed by atoms with E-state index in [4.69, 9.17) is 0 Å². The third-order valence-corrected chi connectivity index (χ3v) is 3.22. The van der Waals surface area contributed by atoms with Crippen molar-refractivity contribution in [2.75, 3.05) is 19.6 Å². The highest BCUT2D eigenvalue weighted by molar-refractivity contribution is 5.14. The highest BCUT2D eigenvalue weighted by Gasteiger charge is 2.03. The Morgan fingerprint density at radius 3 is 1.94 bits per heavy atom. The summed E-state index contributed by atoms with van der Waals surface area (Å²) in [6, 6.07) is 10.8. The molecule has 96 valence electrons. The summed E-state index contributed by atoms with van der Waals surface area (Å²) in [5.41, 5.74) is 1.46. The second-order valence-corrected chi connectivity index (χ2v) is 4.78. The molecule has 0 aromatic heterocycles. The normalized spacial score (nSPS) is 11.0. The zero-order valence-corrected chi connectivity index (χ0v) is 11.5. The molecule has 0 saturated heterocycles. The molecule has 1 aromatic carbocycles. The van der Waals surface area contributed by atoms with Gasteiger partial charge < -0.3 is 4.90 Å². The molecule has 0 heterocycles. The maximum Gasteiger partial charge on any atom is 0.00218 e. The van der Waals surface area contributed by atoms with Gasteiger partial charge in [-0.05, 0) is 37.9 Å². The fourth-order valence-electron chi connectivity index (χ4n) is 2.03. The van der Waals surface area contributed by atoms with Gasteiger partial charge in [0.05, 0.1) is 0 Å². The van der Waals surface area contributed by atoms with Gasteiger partial charge in [-0.15, -0.1) is 0 Å². The predicted molar refractivity (Wildman–Crippen MR) is 76.4 cm³/mol. The molecule has 0 radical (unpaired) electrons. The molecule has 0 unspecified atom stereocenters. The molecular weight excluding hydrogens is 206 g/mol. The molecule has 1 heteroatoms. The van der Waals surface area contributed by atoms with Crippen LogP contribution in [0.1, 0.15) is 45.1 Å². The number of unbranched alkanes of at least 4 members (excludes halogenated alkanes) is 2. The summed E-state index contributed by atoms with van der Waals surface area (Å²) >= 11 is 0. The van der Waals surface area contributed by atoms with Crippen molar-refractivity contribution < 1.29 is 0 Å². The minimum atomic E-state index is 1.19. The average molecular weight is 233 g/mol. The van der Waals surface area contributed by atoms with Crippen molar-refractivity contribution in [2.45, 2.75) is 46.0 Å². The molecule has 0 atom stereocenters. The van der Waals surface area contributed by atoms with Gasteiger partial charge in [-0.1, -0.05) is 57.0 Å². The summed E-state index contributed by atoms with van der Waals surface area (Å²) in [5, 5.41) is 0. The van der Waals surface area contributed by atoms with Crippen molar-refractivity contribution in [3.63, 3.8) is 0 Å². The van der Waals surface area contributed by atoms with E-state index < -0.39 is 0 Å². The number of rotatable bonds is 9. The molecule has 1 aromatic rings. The number of hydrogen-bond donors (Lipinski definition) is 0. The minimum Gasteiger partial charge on any atom is -0.303 e. The summed E-state index contributed by atoms with van der Waals surface area (Å²) in [5.74, 6) is 0. The highest BCUT2D eigenvalue weighted by Crippen LogP contribution is 2.04. The van der Waals surface area contributed by atoms with Crippen LogP contribution in [-0.4, -0.2) is 24.5 Å². The standard InChI is InChI=1S/C16H27N/c1-3-5-13-17(14-6-4-2)15-12-16-10-8-7-9-11-16/h7-11H,3-6,12-15H2,1-2H3. The highest BCUT2D eigenvalue weighted by atomic mass is 15.1. The van der Waals surface area contributed by atoms with E-state index in [1.807, 2.05) is 0 Å². The Hall–Kier alpha value is -0.820. The van der Waals surface area contributed by atoms with Crippen LogP contribution < -0.4 is 0 Å². The molecular formula is C16H27N. The van der Waals surface area contributed by atoms with E-state index in [0.29, 0.717) is 0 Å². The Bertz CT molecular complexity index is 260. The zero-order chi connectivity index (χ0) is 12.3. The van der Waals surface area contributed by atoms with Gasteiger partial charge in [0.2, 0.25) is 0 Å². The lowest BCUT2D eigenvalue weighted by Gasteiger charge is -2.21. The molecule has 0 aliphatic carbocycles. The zero-order valence-electron chi connectivity index (χ0n) is 11.5. The first-order valence-corrected chi connectivity index (χ1v) is 7.13.